The van der Waals surface area contributed by atoms with Crippen molar-refractivity contribution >= 4 is 0 Å². The van der Waals surface area contributed by atoms with Crippen molar-refractivity contribution in [2.75, 3.05) is 40.8 Å². The van der Waals surface area contributed by atoms with Crippen molar-refractivity contribution in [1.29, 1.82) is 0 Å². The second kappa shape index (κ2) is 7.25. The van der Waals surface area contributed by atoms with Gasteiger partial charge in [-0.3, -0.25) is 0 Å². The van der Waals surface area contributed by atoms with Gasteiger partial charge in [0.1, 0.15) is 0 Å². The first kappa shape index (κ1) is 13.9. The lowest BCUT2D eigenvalue weighted by Crippen LogP contribution is -2.46. The Hall–Kier alpha value is -0.120. The van der Waals surface area contributed by atoms with Crippen molar-refractivity contribution in [3.8, 4) is 0 Å². The molecule has 0 saturated carbocycles. The van der Waals surface area contributed by atoms with E-state index in [1.54, 1.807) is 0 Å². The Morgan fingerprint density at radius 1 is 1.31 bits per heavy atom. The Bertz CT molecular complexity index is 182. The first-order chi connectivity index (χ1) is 7.63. The minimum Gasteiger partial charge on any atom is -0.317 e. The summed E-state index contributed by atoms with van der Waals surface area (Å²) in [5.74, 6) is 0. The quantitative estimate of drug-likeness (QED) is 0.692. The molecule has 2 atom stereocenters. The van der Waals surface area contributed by atoms with Gasteiger partial charge in [0.05, 0.1) is 0 Å². The Labute approximate surface area is 101 Å². The normalized spacial score (nSPS) is 27.6. The molecule has 0 radical (unpaired) electrons. The summed E-state index contributed by atoms with van der Waals surface area (Å²) in [6, 6.07) is 1.50. The van der Waals surface area contributed by atoms with Crippen LogP contribution in [0.25, 0.3) is 0 Å². The van der Waals surface area contributed by atoms with E-state index in [0.717, 1.165) is 12.1 Å². The van der Waals surface area contributed by atoms with E-state index in [9.17, 15) is 0 Å². The van der Waals surface area contributed by atoms with E-state index in [1.807, 2.05) is 0 Å². The van der Waals surface area contributed by atoms with Crippen LogP contribution in [0.5, 0.6) is 0 Å². The van der Waals surface area contributed by atoms with Crippen molar-refractivity contribution < 1.29 is 0 Å². The third-order valence-corrected chi connectivity index (χ3v) is 3.72. The van der Waals surface area contributed by atoms with Gasteiger partial charge >= 0.3 is 0 Å². The maximum atomic E-state index is 3.40. The Morgan fingerprint density at radius 3 is 2.62 bits per heavy atom. The first-order valence-electron chi connectivity index (χ1n) is 6.69. The molecule has 0 spiro atoms. The second-order valence-electron chi connectivity index (χ2n) is 5.41. The van der Waals surface area contributed by atoms with Gasteiger partial charge < -0.3 is 15.1 Å². The maximum Gasteiger partial charge on any atom is 0.00910 e. The van der Waals surface area contributed by atoms with E-state index in [-0.39, 0.29) is 0 Å². The average Bonchev–Trinajstić information content (AvgIpc) is 2.25. The lowest BCUT2D eigenvalue weighted by atomic mass is 9.98. The summed E-state index contributed by atoms with van der Waals surface area (Å²) in [6.07, 6.45) is 5.29. The predicted octanol–water partition coefficient (Wildman–Crippen LogP) is 1.40. The summed E-state index contributed by atoms with van der Waals surface area (Å²) in [5.41, 5.74) is 0. The summed E-state index contributed by atoms with van der Waals surface area (Å²) in [5, 5.41) is 3.40. The van der Waals surface area contributed by atoms with Crippen LogP contribution >= 0.6 is 0 Å². The number of nitrogens with one attached hydrogen (secondary N) is 1. The van der Waals surface area contributed by atoms with Crippen molar-refractivity contribution in [2.45, 2.75) is 44.7 Å². The summed E-state index contributed by atoms with van der Waals surface area (Å²) in [6.45, 7) is 6.15. The van der Waals surface area contributed by atoms with Gasteiger partial charge in [-0.15, -0.1) is 0 Å². The van der Waals surface area contributed by atoms with E-state index in [1.165, 1.54) is 45.3 Å². The van der Waals surface area contributed by atoms with Gasteiger partial charge in [-0.1, -0.05) is 0 Å². The van der Waals surface area contributed by atoms with Crippen LogP contribution in [0.4, 0.5) is 0 Å². The molecule has 16 heavy (non-hydrogen) atoms. The highest BCUT2D eigenvalue weighted by Crippen LogP contribution is 2.17. The molecule has 1 aliphatic rings. The third kappa shape index (κ3) is 4.81. The van der Waals surface area contributed by atoms with Gasteiger partial charge in [-0.2, -0.15) is 0 Å². The van der Waals surface area contributed by atoms with Crippen LogP contribution in [-0.4, -0.2) is 62.7 Å². The second-order valence-corrected chi connectivity index (χ2v) is 5.41. The molecule has 1 N–H and O–H groups in total. The number of hydrogen-bond acceptors (Lipinski definition) is 3. The molecular weight excluding hydrogens is 198 g/mol. The zero-order valence-corrected chi connectivity index (χ0v) is 11.5. The standard InChI is InChI=1S/C13H29N3/c1-12-11-13(14-2)7-10-16(12)9-6-5-8-15(3)4/h12-14H,5-11H2,1-4H3. The van der Waals surface area contributed by atoms with Crippen LogP contribution in [0.3, 0.4) is 0 Å². The summed E-state index contributed by atoms with van der Waals surface area (Å²) < 4.78 is 0. The fraction of sp³-hybridized carbons (Fsp3) is 1.00. The molecular formula is C13H29N3. The molecule has 1 fully saturated rings. The van der Waals surface area contributed by atoms with E-state index >= 15 is 0 Å². The summed E-state index contributed by atoms with van der Waals surface area (Å²) >= 11 is 0. The average molecular weight is 227 g/mol. The Balaban J connectivity index is 2.13. The zero-order chi connectivity index (χ0) is 12.0. The van der Waals surface area contributed by atoms with Crippen LogP contribution in [0.1, 0.15) is 32.6 Å². The van der Waals surface area contributed by atoms with Crippen molar-refractivity contribution in [2.24, 2.45) is 0 Å². The monoisotopic (exact) mass is 227 g/mol. The van der Waals surface area contributed by atoms with Crippen molar-refractivity contribution in [1.82, 2.24) is 15.1 Å². The van der Waals surface area contributed by atoms with Crippen molar-refractivity contribution in [3.05, 3.63) is 0 Å². The van der Waals surface area contributed by atoms with Gasteiger partial charge in [-0.05, 0) is 73.4 Å². The lowest BCUT2D eigenvalue weighted by molar-refractivity contribution is 0.135. The smallest absolute Gasteiger partial charge is 0.00910 e. The zero-order valence-electron chi connectivity index (χ0n) is 11.5. The summed E-state index contributed by atoms with van der Waals surface area (Å²) in [4.78, 5) is 4.93. The van der Waals surface area contributed by atoms with E-state index in [2.05, 4.69) is 43.2 Å². The van der Waals surface area contributed by atoms with Crippen LogP contribution < -0.4 is 5.32 Å². The van der Waals surface area contributed by atoms with Gasteiger partial charge in [0, 0.05) is 12.1 Å². The summed E-state index contributed by atoms with van der Waals surface area (Å²) in [7, 11) is 6.40. The number of piperidine rings is 1. The predicted molar refractivity (Wildman–Crippen MR) is 70.9 cm³/mol. The van der Waals surface area contributed by atoms with Crippen LogP contribution in [0, 0.1) is 0 Å². The number of unbranched alkanes of at least 4 members (excludes halogenated alkanes) is 1. The van der Waals surface area contributed by atoms with Crippen LogP contribution in [0.2, 0.25) is 0 Å². The molecule has 1 heterocycles. The molecule has 0 bridgehead atoms. The fourth-order valence-electron chi connectivity index (χ4n) is 2.56. The number of likely N-dealkylation sites (tertiary alicyclic amines) is 1. The van der Waals surface area contributed by atoms with Crippen LogP contribution in [0.15, 0.2) is 0 Å². The molecule has 0 aromatic carbocycles. The topological polar surface area (TPSA) is 18.5 Å². The molecule has 0 aromatic heterocycles. The number of nitrogens with zero attached hydrogens (tertiary/aromatic N) is 2. The molecule has 0 aliphatic carbocycles. The first-order valence-corrected chi connectivity index (χ1v) is 6.69. The number of hydrogen-bond donors (Lipinski definition) is 1. The molecule has 96 valence electrons. The third-order valence-electron chi connectivity index (χ3n) is 3.72. The van der Waals surface area contributed by atoms with E-state index in [4.69, 9.17) is 0 Å². The lowest BCUT2D eigenvalue weighted by Gasteiger charge is -2.37. The molecule has 2 unspecified atom stereocenters. The highest BCUT2D eigenvalue weighted by molar-refractivity contribution is 4.81. The minimum atomic E-state index is 0.744. The van der Waals surface area contributed by atoms with Crippen molar-refractivity contribution in [3.63, 3.8) is 0 Å². The van der Waals surface area contributed by atoms with E-state index in [0.29, 0.717) is 0 Å². The maximum absolute atomic E-state index is 3.40. The number of rotatable bonds is 6. The molecule has 3 heteroatoms. The van der Waals surface area contributed by atoms with Gasteiger partial charge in [-0.25, -0.2) is 0 Å². The fourth-order valence-corrected chi connectivity index (χ4v) is 2.56. The minimum absolute atomic E-state index is 0.744. The SMILES string of the molecule is CNC1CCN(CCCCN(C)C)C(C)C1. The Kier molecular flexibility index (Phi) is 6.32. The highest BCUT2D eigenvalue weighted by Gasteiger charge is 2.23. The molecule has 0 aromatic rings. The molecule has 0 amide bonds. The van der Waals surface area contributed by atoms with E-state index < -0.39 is 0 Å². The van der Waals surface area contributed by atoms with Gasteiger partial charge in [0.25, 0.3) is 0 Å². The van der Waals surface area contributed by atoms with Gasteiger partial charge in [0.15, 0.2) is 0 Å². The Morgan fingerprint density at radius 2 is 2.06 bits per heavy atom. The molecule has 3 nitrogen and oxygen atoms in total. The molecule has 1 aliphatic heterocycles. The highest BCUT2D eigenvalue weighted by atomic mass is 15.2. The van der Waals surface area contributed by atoms with Crippen LogP contribution in [-0.2, 0) is 0 Å². The largest absolute Gasteiger partial charge is 0.317 e. The molecule has 1 saturated heterocycles. The molecule has 1 rings (SSSR count). The van der Waals surface area contributed by atoms with Gasteiger partial charge in [0.2, 0.25) is 0 Å².